The van der Waals surface area contributed by atoms with Crippen LogP contribution in [0.5, 0.6) is 0 Å². The summed E-state index contributed by atoms with van der Waals surface area (Å²) in [5, 5.41) is 9.06. The summed E-state index contributed by atoms with van der Waals surface area (Å²) >= 11 is 0. The number of aliphatic hydroxyl groups is 1. The van der Waals surface area contributed by atoms with Crippen molar-refractivity contribution in [1.82, 2.24) is 9.80 Å². The molecule has 0 amide bonds. The van der Waals surface area contributed by atoms with E-state index in [9.17, 15) is 21.6 Å². The third-order valence-electron chi connectivity index (χ3n) is 6.05. The zero-order chi connectivity index (χ0) is 22.9. The second-order valence-corrected chi connectivity index (χ2v) is 9.95. The first kappa shape index (κ1) is 28.7. The van der Waals surface area contributed by atoms with Crippen LogP contribution in [0.1, 0.15) is 12.0 Å². The van der Waals surface area contributed by atoms with Crippen molar-refractivity contribution in [3.05, 3.63) is 48.0 Å². The SMILES string of the molecule is Cl.Cl.O=S1(=O)c2ccccc2N(CCCN2CCN(CCO)CC2)c2cc(C(F)(F)F)ccc21. The number of rotatable bonds is 6. The highest BCUT2D eigenvalue weighted by Crippen LogP contribution is 2.46. The number of piperazine rings is 1. The molecule has 2 aliphatic rings. The van der Waals surface area contributed by atoms with Crippen molar-refractivity contribution in [2.45, 2.75) is 22.4 Å². The van der Waals surface area contributed by atoms with Crippen LogP contribution < -0.4 is 4.90 Å². The van der Waals surface area contributed by atoms with Crippen LogP contribution >= 0.6 is 24.8 Å². The predicted octanol–water partition coefficient (Wildman–Crippen LogP) is 3.83. The van der Waals surface area contributed by atoms with Crippen LogP contribution in [-0.2, 0) is 16.0 Å². The van der Waals surface area contributed by atoms with E-state index in [0.29, 0.717) is 25.2 Å². The Balaban J connectivity index is 0.00000204. The molecule has 0 unspecified atom stereocenters. The van der Waals surface area contributed by atoms with Gasteiger partial charge in [-0.1, -0.05) is 12.1 Å². The predicted molar refractivity (Wildman–Crippen MR) is 129 cm³/mol. The molecule has 0 atom stereocenters. The number of hydrogen-bond acceptors (Lipinski definition) is 6. The molecular weight excluding hydrogens is 514 g/mol. The molecule has 34 heavy (non-hydrogen) atoms. The molecule has 0 radical (unpaired) electrons. The van der Waals surface area contributed by atoms with Gasteiger partial charge in [0.25, 0.3) is 0 Å². The van der Waals surface area contributed by atoms with E-state index >= 15 is 0 Å². The number of β-amino-alcohol motifs (C(OH)–C–C–N with tert-alkyl or cyclic N) is 1. The van der Waals surface area contributed by atoms with Crippen LogP contribution in [0.25, 0.3) is 0 Å². The van der Waals surface area contributed by atoms with Crippen molar-refractivity contribution in [3.63, 3.8) is 0 Å². The minimum absolute atomic E-state index is 0. The number of benzene rings is 2. The first-order valence-electron chi connectivity index (χ1n) is 10.6. The molecule has 2 aromatic carbocycles. The highest BCUT2D eigenvalue weighted by molar-refractivity contribution is 7.92. The van der Waals surface area contributed by atoms with Crippen LogP contribution in [0.4, 0.5) is 24.5 Å². The lowest BCUT2D eigenvalue weighted by atomic mass is 10.1. The maximum Gasteiger partial charge on any atom is 0.416 e. The van der Waals surface area contributed by atoms with Crippen molar-refractivity contribution in [2.24, 2.45) is 0 Å². The van der Waals surface area contributed by atoms with Gasteiger partial charge in [0.05, 0.1) is 33.3 Å². The van der Waals surface area contributed by atoms with Gasteiger partial charge in [-0.2, -0.15) is 13.2 Å². The summed E-state index contributed by atoms with van der Waals surface area (Å²) in [5.41, 5.74) is -0.380. The number of sulfone groups is 1. The fourth-order valence-electron chi connectivity index (χ4n) is 4.36. The molecule has 1 saturated heterocycles. The Kier molecular flexibility index (Phi) is 9.66. The number of hydrogen-bond donors (Lipinski definition) is 1. The van der Waals surface area contributed by atoms with Gasteiger partial charge in [0.1, 0.15) is 0 Å². The Hall–Kier alpha value is -1.56. The van der Waals surface area contributed by atoms with Gasteiger partial charge in [0, 0.05) is 39.3 Å². The van der Waals surface area contributed by atoms with Crippen molar-refractivity contribution in [3.8, 4) is 0 Å². The second kappa shape index (κ2) is 11.5. The summed E-state index contributed by atoms with van der Waals surface area (Å²) in [6.07, 6.45) is -3.89. The Labute approximate surface area is 210 Å². The molecule has 0 bridgehead atoms. The maximum atomic E-state index is 13.4. The molecule has 0 aromatic heterocycles. The van der Waals surface area contributed by atoms with Crippen molar-refractivity contribution >= 4 is 46.0 Å². The molecule has 0 spiro atoms. The minimum atomic E-state index is -4.56. The van der Waals surface area contributed by atoms with E-state index < -0.39 is 21.6 Å². The van der Waals surface area contributed by atoms with Gasteiger partial charge in [-0.3, -0.25) is 4.90 Å². The molecule has 6 nitrogen and oxygen atoms in total. The highest BCUT2D eigenvalue weighted by atomic mass is 35.5. The Bertz CT molecular complexity index is 1080. The molecule has 2 aromatic rings. The summed E-state index contributed by atoms with van der Waals surface area (Å²) in [7, 11) is -3.90. The van der Waals surface area contributed by atoms with E-state index in [1.807, 2.05) is 0 Å². The summed E-state index contributed by atoms with van der Waals surface area (Å²) in [5.74, 6) is 0. The Morgan fingerprint density at radius 3 is 2.03 bits per heavy atom. The molecule has 190 valence electrons. The van der Waals surface area contributed by atoms with E-state index in [0.717, 1.165) is 50.9 Å². The van der Waals surface area contributed by atoms with Crippen molar-refractivity contribution in [2.75, 3.05) is 57.3 Å². The van der Waals surface area contributed by atoms with E-state index in [2.05, 4.69) is 9.80 Å². The van der Waals surface area contributed by atoms with Gasteiger partial charge in [0.15, 0.2) is 0 Å². The molecule has 2 aliphatic heterocycles. The molecule has 1 fully saturated rings. The molecular formula is C22H28Cl2F3N3O3S. The van der Waals surface area contributed by atoms with Crippen molar-refractivity contribution < 1.29 is 26.7 Å². The molecule has 0 saturated carbocycles. The van der Waals surface area contributed by atoms with E-state index in [4.69, 9.17) is 5.11 Å². The number of alkyl halides is 3. The quantitative estimate of drug-likeness (QED) is 0.599. The normalized spacial score (nSPS) is 17.8. The number of para-hydroxylation sites is 1. The molecule has 12 heteroatoms. The fraction of sp³-hybridized carbons (Fsp3) is 0.455. The molecule has 1 N–H and O–H groups in total. The van der Waals surface area contributed by atoms with Crippen LogP contribution in [-0.4, -0.2) is 75.7 Å². The van der Waals surface area contributed by atoms with Gasteiger partial charge in [-0.15, -0.1) is 24.8 Å². The van der Waals surface area contributed by atoms with Crippen LogP contribution in [0, 0.1) is 0 Å². The van der Waals surface area contributed by atoms with Crippen LogP contribution in [0.3, 0.4) is 0 Å². The lowest BCUT2D eigenvalue weighted by Crippen LogP contribution is -2.47. The summed E-state index contributed by atoms with van der Waals surface area (Å²) in [4.78, 5) is 6.19. The highest BCUT2D eigenvalue weighted by Gasteiger charge is 2.37. The number of anilines is 2. The summed E-state index contributed by atoms with van der Waals surface area (Å²) in [6, 6.07) is 9.29. The zero-order valence-corrected chi connectivity index (χ0v) is 20.8. The summed E-state index contributed by atoms with van der Waals surface area (Å²) in [6.45, 7) is 5.40. The standard InChI is InChI=1S/C22H26F3N3O3S.2ClH/c23-22(24,25)17-6-7-21-19(16-17)28(18-4-1-2-5-20(18)32(21,30)31)9-3-8-26-10-12-27(13-11-26)14-15-29;;/h1-2,4-7,16,29H,3,8-15H2;2*1H. The number of fused-ring (bicyclic) bond motifs is 2. The first-order valence-corrected chi connectivity index (χ1v) is 12.1. The topological polar surface area (TPSA) is 64.1 Å². The monoisotopic (exact) mass is 541 g/mol. The van der Waals surface area contributed by atoms with E-state index in [1.54, 1.807) is 23.1 Å². The van der Waals surface area contributed by atoms with Crippen LogP contribution in [0.2, 0.25) is 0 Å². The average molecular weight is 542 g/mol. The van der Waals surface area contributed by atoms with E-state index in [-0.39, 0.29) is 46.9 Å². The summed E-state index contributed by atoms with van der Waals surface area (Å²) < 4.78 is 66.2. The third-order valence-corrected chi connectivity index (χ3v) is 7.90. The Morgan fingerprint density at radius 1 is 0.824 bits per heavy atom. The maximum absolute atomic E-state index is 13.4. The smallest absolute Gasteiger partial charge is 0.395 e. The fourth-order valence-corrected chi connectivity index (χ4v) is 6.00. The number of halogens is 5. The lowest BCUT2D eigenvalue weighted by molar-refractivity contribution is -0.137. The lowest BCUT2D eigenvalue weighted by Gasteiger charge is -2.36. The third kappa shape index (κ3) is 5.80. The number of nitrogens with zero attached hydrogens (tertiary/aromatic N) is 3. The average Bonchev–Trinajstić information content (AvgIpc) is 2.76. The van der Waals surface area contributed by atoms with Gasteiger partial charge in [0.2, 0.25) is 9.84 Å². The number of aliphatic hydroxyl groups excluding tert-OH is 1. The van der Waals surface area contributed by atoms with E-state index in [1.165, 1.54) is 6.07 Å². The molecule has 2 heterocycles. The minimum Gasteiger partial charge on any atom is -0.395 e. The molecule has 0 aliphatic carbocycles. The van der Waals surface area contributed by atoms with Crippen molar-refractivity contribution in [1.29, 1.82) is 0 Å². The van der Waals surface area contributed by atoms with Crippen LogP contribution in [0.15, 0.2) is 52.3 Å². The zero-order valence-electron chi connectivity index (χ0n) is 18.4. The van der Waals surface area contributed by atoms with Gasteiger partial charge in [-0.05, 0) is 43.3 Å². The van der Waals surface area contributed by atoms with Gasteiger partial charge >= 0.3 is 6.18 Å². The second-order valence-electron chi connectivity index (χ2n) is 8.06. The molecule has 4 rings (SSSR count). The first-order chi connectivity index (χ1) is 15.2. The van der Waals surface area contributed by atoms with Gasteiger partial charge < -0.3 is 14.9 Å². The largest absolute Gasteiger partial charge is 0.416 e. The Morgan fingerprint density at radius 2 is 1.41 bits per heavy atom. The van der Waals surface area contributed by atoms with Gasteiger partial charge in [-0.25, -0.2) is 8.42 Å².